The third kappa shape index (κ3) is 6.97. The quantitative estimate of drug-likeness (QED) is 0.248. The Labute approximate surface area is 173 Å². The summed E-state index contributed by atoms with van der Waals surface area (Å²) in [5.74, 6) is 1.63. The van der Waals surface area contributed by atoms with Crippen LogP contribution in [0.15, 0.2) is 29.3 Å². The fraction of sp³-hybridized carbons (Fsp3) is 0.667. The van der Waals surface area contributed by atoms with E-state index in [1.54, 1.807) is 24.3 Å². The third-order valence-corrected chi connectivity index (χ3v) is 5.55. The molecule has 2 fully saturated rings. The van der Waals surface area contributed by atoms with Gasteiger partial charge in [-0.2, -0.15) is 0 Å². The van der Waals surface area contributed by atoms with Gasteiger partial charge in [-0.15, -0.1) is 0 Å². The number of piperidine rings is 1. The maximum atomic E-state index is 10.8. The van der Waals surface area contributed by atoms with Gasteiger partial charge in [-0.3, -0.25) is 15.0 Å². The Bertz CT molecular complexity index is 673. The average Bonchev–Trinajstić information content (AvgIpc) is 2.74. The van der Waals surface area contributed by atoms with E-state index >= 15 is 0 Å². The Kier molecular flexibility index (Phi) is 8.25. The number of nitro benzene ring substituents is 1. The van der Waals surface area contributed by atoms with Crippen molar-refractivity contribution >= 4 is 11.6 Å². The van der Waals surface area contributed by atoms with Gasteiger partial charge in [0.15, 0.2) is 5.96 Å². The average molecular weight is 404 g/mol. The highest BCUT2D eigenvalue weighted by atomic mass is 16.6. The van der Waals surface area contributed by atoms with E-state index in [1.165, 1.54) is 12.8 Å². The van der Waals surface area contributed by atoms with Crippen LogP contribution in [0.5, 0.6) is 0 Å². The minimum Gasteiger partial charge on any atom is -0.379 e. The van der Waals surface area contributed by atoms with E-state index in [9.17, 15) is 10.1 Å². The largest absolute Gasteiger partial charge is 0.379 e. The molecule has 1 aromatic rings. The Morgan fingerprint density at radius 1 is 1.28 bits per heavy atom. The number of likely N-dealkylation sites (tertiary alicyclic amines) is 1. The van der Waals surface area contributed by atoms with Crippen molar-refractivity contribution in [3.63, 3.8) is 0 Å². The molecule has 29 heavy (non-hydrogen) atoms. The van der Waals surface area contributed by atoms with E-state index in [0.29, 0.717) is 12.5 Å². The zero-order chi connectivity index (χ0) is 20.5. The molecule has 0 bridgehead atoms. The normalized spacial score (nSPS) is 21.2. The minimum absolute atomic E-state index is 0.115. The molecule has 1 N–H and O–H groups in total. The van der Waals surface area contributed by atoms with Gasteiger partial charge in [-0.1, -0.05) is 19.1 Å². The Balaban J connectivity index is 1.56. The number of aliphatic imine (C=N–C) groups is 1. The smallest absolute Gasteiger partial charge is 0.269 e. The molecule has 160 valence electrons. The summed E-state index contributed by atoms with van der Waals surface area (Å²) in [5, 5.41) is 14.4. The van der Waals surface area contributed by atoms with Gasteiger partial charge in [-0.05, 0) is 37.3 Å². The van der Waals surface area contributed by atoms with Gasteiger partial charge in [0, 0.05) is 44.9 Å². The van der Waals surface area contributed by atoms with Crippen molar-refractivity contribution in [2.75, 3.05) is 52.5 Å². The summed E-state index contributed by atoms with van der Waals surface area (Å²) in [6.45, 7) is 10.5. The predicted molar refractivity (Wildman–Crippen MR) is 114 cm³/mol. The van der Waals surface area contributed by atoms with E-state index in [2.05, 4.69) is 22.0 Å². The molecule has 8 nitrogen and oxygen atoms in total. The minimum atomic E-state index is -0.371. The Morgan fingerprint density at radius 2 is 2.03 bits per heavy atom. The van der Waals surface area contributed by atoms with Gasteiger partial charge < -0.3 is 15.0 Å². The summed E-state index contributed by atoms with van der Waals surface area (Å²) in [6.07, 6.45) is 3.52. The van der Waals surface area contributed by atoms with E-state index in [1.807, 2.05) is 0 Å². The van der Waals surface area contributed by atoms with E-state index in [-0.39, 0.29) is 10.6 Å². The molecule has 1 atom stereocenters. The highest BCUT2D eigenvalue weighted by molar-refractivity contribution is 5.80. The highest BCUT2D eigenvalue weighted by Gasteiger charge is 2.19. The van der Waals surface area contributed by atoms with E-state index in [4.69, 9.17) is 9.73 Å². The van der Waals surface area contributed by atoms with Crippen molar-refractivity contribution in [3.05, 3.63) is 39.9 Å². The molecule has 0 amide bonds. The van der Waals surface area contributed by atoms with Crippen molar-refractivity contribution in [2.24, 2.45) is 10.9 Å². The van der Waals surface area contributed by atoms with Crippen LogP contribution in [-0.4, -0.2) is 73.2 Å². The van der Waals surface area contributed by atoms with Crippen LogP contribution >= 0.6 is 0 Å². The maximum absolute atomic E-state index is 10.8. The van der Waals surface area contributed by atoms with Crippen molar-refractivity contribution in [1.82, 2.24) is 15.1 Å². The Morgan fingerprint density at radius 3 is 2.72 bits per heavy atom. The van der Waals surface area contributed by atoms with Crippen LogP contribution in [-0.2, 0) is 11.3 Å². The van der Waals surface area contributed by atoms with E-state index in [0.717, 1.165) is 70.4 Å². The second kappa shape index (κ2) is 11.1. The van der Waals surface area contributed by atoms with Crippen LogP contribution in [0, 0.1) is 16.0 Å². The second-order valence-corrected chi connectivity index (χ2v) is 7.99. The molecule has 2 saturated heterocycles. The number of nitrogens with zero attached hydrogens (tertiary/aromatic N) is 4. The number of ether oxygens (including phenoxy) is 1. The molecule has 2 aliphatic heterocycles. The van der Waals surface area contributed by atoms with Gasteiger partial charge in [0.1, 0.15) is 0 Å². The van der Waals surface area contributed by atoms with Gasteiger partial charge in [0.25, 0.3) is 5.69 Å². The molecule has 8 heteroatoms. The summed E-state index contributed by atoms with van der Waals surface area (Å²) in [6, 6.07) is 6.67. The number of rotatable bonds is 7. The first-order valence-electron chi connectivity index (χ1n) is 10.7. The van der Waals surface area contributed by atoms with Crippen molar-refractivity contribution in [2.45, 2.75) is 32.7 Å². The number of hydrogen-bond acceptors (Lipinski definition) is 5. The van der Waals surface area contributed by atoms with Gasteiger partial charge in [0.05, 0.1) is 24.7 Å². The summed E-state index contributed by atoms with van der Waals surface area (Å²) in [5.41, 5.74) is 1.09. The fourth-order valence-corrected chi connectivity index (χ4v) is 3.87. The SMILES string of the molecule is CC1CCCN(C(=NCc2ccc([N+](=O)[O-])cc2)NCCCN2CCOCC2)C1. The van der Waals surface area contributed by atoms with Crippen LogP contribution in [0.25, 0.3) is 0 Å². The lowest BCUT2D eigenvalue weighted by Gasteiger charge is -2.34. The summed E-state index contributed by atoms with van der Waals surface area (Å²) < 4.78 is 5.41. The van der Waals surface area contributed by atoms with Crippen LogP contribution < -0.4 is 5.32 Å². The first-order chi connectivity index (χ1) is 14.1. The summed E-state index contributed by atoms with van der Waals surface area (Å²) in [4.78, 5) is 20.1. The predicted octanol–water partition coefficient (Wildman–Crippen LogP) is 2.49. The molecular weight excluding hydrogens is 370 g/mol. The van der Waals surface area contributed by atoms with Crippen LogP contribution in [0.2, 0.25) is 0 Å². The summed E-state index contributed by atoms with van der Waals surface area (Å²) in [7, 11) is 0. The monoisotopic (exact) mass is 403 g/mol. The van der Waals surface area contributed by atoms with Gasteiger partial charge in [0.2, 0.25) is 0 Å². The van der Waals surface area contributed by atoms with Crippen molar-refractivity contribution < 1.29 is 9.66 Å². The molecule has 0 radical (unpaired) electrons. The number of morpholine rings is 1. The first-order valence-corrected chi connectivity index (χ1v) is 10.7. The molecule has 3 rings (SSSR count). The molecule has 0 aromatic heterocycles. The summed E-state index contributed by atoms with van der Waals surface area (Å²) >= 11 is 0. The molecule has 1 unspecified atom stereocenters. The van der Waals surface area contributed by atoms with Crippen LogP contribution in [0.3, 0.4) is 0 Å². The van der Waals surface area contributed by atoms with Crippen molar-refractivity contribution in [3.8, 4) is 0 Å². The standard InChI is InChI=1S/C21H33N5O3/c1-18-4-2-11-25(17-18)21(22-9-3-10-24-12-14-29-15-13-24)23-16-19-5-7-20(8-6-19)26(27)28/h5-8,18H,2-4,9-17H2,1H3,(H,22,23). The number of nitrogens with one attached hydrogen (secondary N) is 1. The lowest BCUT2D eigenvalue weighted by Crippen LogP contribution is -2.47. The molecule has 2 aliphatic rings. The first kappa shape index (κ1) is 21.5. The van der Waals surface area contributed by atoms with Gasteiger partial charge in [-0.25, -0.2) is 4.99 Å². The zero-order valence-corrected chi connectivity index (χ0v) is 17.4. The topological polar surface area (TPSA) is 83.2 Å². The highest BCUT2D eigenvalue weighted by Crippen LogP contribution is 2.16. The van der Waals surface area contributed by atoms with Crippen molar-refractivity contribution in [1.29, 1.82) is 0 Å². The molecule has 2 heterocycles. The van der Waals surface area contributed by atoms with E-state index < -0.39 is 0 Å². The number of non-ortho nitro benzene ring substituents is 1. The second-order valence-electron chi connectivity index (χ2n) is 7.99. The molecule has 0 saturated carbocycles. The number of hydrogen-bond donors (Lipinski definition) is 1. The van der Waals surface area contributed by atoms with Crippen LogP contribution in [0.4, 0.5) is 5.69 Å². The van der Waals surface area contributed by atoms with Crippen LogP contribution in [0.1, 0.15) is 31.7 Å². The lowest BCUT2D eigenvalue weighted by molar-refractivity contribution is -0.384. The fourth-order valence-electron chi connectivity index (χ4n) is 3.87. The lowest BCUT2D eigenvalue weighted by atomic mass is 10.0. The number of guanidine groups is 1. The third-order valence-electron chi connectivity index (χ3n) is 5.55. The molecule has 0 aliphatic carbocycles. The zero-order valence-electron chi connectivity index (χ0n) is 17.4. The maximum Gasteiger partial charge on any atom is 0.269 e. The molecule has 0 spiro atoms. The number of nitro groups is 1. The molecule has 1 aromatic carbocycles. The Hall–Kier alpha value is -2.19. The molecular formula is C21H33N5O3. The number of benzene rings is 1. The van der Waals surface area contributed by atoms with Gasteiger partial charge >= 0.3 is 0 Å².